The summed E-state index contributed by atoms with van der Waals surface area (Å²) in [4.78, 5) is 0.357. The summed E-state index contributed by atoms with van der Waals surface area (Å²) in [5.74, 6) is 0. The first kappa shape index (κ1) is 17.0. The van der Waals surface area contributed by atoms with Gasteiger partial charge in [-0.2, -0.15) is 0 Å². The molecular weight excluding hydrogens is 296 g/mol. The maximum absolute atomic E-state index is 12.3. The molecule has 0 amide bonds. The summed E-state index contributed by atoms with van der Waals surface area (Å²) < 4.78 is 32.4. The molecule has 0 bridgehead atoms. The molecule has 0 heterocycles. The molecule has 5 nitrogen and oxygen atoms in total. The molecule has 1 rings (SSSR count). The highest BCUT2D eigenvalue weighted by Crippen LogP contribution is 2.17. The molecule has 3 N–H and O–H groups in total. The van der Waals surface area contributed by atoms with Gasteiger partial charge in [-0.3, -0.25) is 0 Å². The fourth-order valence-electron chi connectivity index (χ4n) is 1.69. The van der Waals surface area contributed by atoms with Crippen molar-refractivity contribution in [3.05, 3.63) is 29.3 Å². The molecule has 1 aromatic carbocycles. The van der Waals surface area contributed by atoms with E-state index in [0.717, 1.165) is 0 Å². The molecule has 0 saturated carbocycles. The fourth-order valence-corrected chi connectivity index (χ4v) is 3.20. The van der Waals surface area contributed by atoms with E-state index in [4.69, 9.17) is 22.7 Å². The number of rotatable bonds is 7. The average Bonchev–Trinajstić information content (AvgIpc) is 2.37. The largest absolute Gasteiger partial charge is 0.389 e. The average molecular weight is 316 g/mol. The molecule has 0 aliphatic heterocycles. The molecule has 0 radical (unpaired) electrons. The van der Waals surface area contributed by atoms with E-state index >= 15 is 0 Å². The van der Waals surface area contributed by atoms with E-state index in [9.17, 15) is 8.42 Å². The number of aryl methyl sites for hydroxylation is 1. The third-order valence-electron chi connectivity index (χ3n) is 2.77. The number of benzene rings is 1. The van der Waals surface area contributed by atoms with Crippen LogP contribution in [-0.2, 0) is 14.8 Å². The van der Waals surface area contributed by atoms with Crippen molar-refractivity contribution in [1.82, 2.24) is 4.72 Å². The highest BCUT2D eigenvalue weighted by atomic mass is 32.2. The lowest BCUT2D eigenvalue weighted by Gasteiger charge is -2.14. The van der Waals surface area contributed by atoms with E-state index in [1.807, 2.05) is 13.8 Å². The summed E-state index contributed by atoms with van der Waals surface area (Å²) in [6.07, 6.45) is -0.186. The van der Waals surface area contributed by atoms with Crippen molar-refractivity contribution in [2.75, 3.05) is 13.2 Å². The van der Waals surface area contributed by atoms with Crippen LogP contribution in [0.3, 0.4) is 0 Å². The maximum Gasteiger partial charge on any atom is 0.240 e. The third-order valence-corrected chi connectivity index (χ3v) is 4.58. The van der Waals surface area contributed by atoms with Crippen LogP contribution in [0.4, 0.5) is 0 Å². The van der Waals surface area contributed by atoms with Crippen LogP contribution in [0.1, 0.15) is 25.0 Å². The maximum atomic E-state index is 12.3. The van der Waals surface area contributed by atoms with Crippen molar-refractivity contribution in [3.8, 4) is 0 Å². The lowest BCUT2D eigenvalue weighted by Crippen LogP contribution is -2.32. The quantitative estimate of drug-likeness (QED) is 0.742. The predicted octanol–water partition coefficient (Wildman–Crippen LogP) is 1.33. The lowest BCUT2D eigenvalue weighted by molar-refractivity contribution is 0.0799. The van der Waals surface area contributed by atoms with E-state index in [1.54, 1.807) is 19.1 Å². The smallest absolute Gasteiger partial charge is 0.240 e. The molecule has 0 aliphatic rings. The summed E-state index contributed by atoms with van der Waals surface area (Å²) in [6.45, 7) is 6.15. The Hall–Kier alpha value is -1.02. The van der Waals surface area contributed by atoms with Gasteiger partial charge >= 0.3 is 0 Å². The molecule has 0 fully saturated rings. The number of ether oxygens (including phenoxy) is 1. The van der Waals surface area contributed by atoms with Gasteiger partial charge in [0.1, 0.15) is 4.99 Å². The fraction of sp³-hybridized carbons (Fsp3) is 0.462. The normalized spacial score (nSPS) is 13.2. The van der Waals surface area contributed by atoms with Crippen LogP contribution in [0.25, 0.3) is 0 Å². The SMILES string of the molecule is CCOC(C)CNS(=O)(=O)c1cc(C(N)=S)ccc1C. The first-order valence-electron chi connectivity index (χ1n) is 6.29. The molecule has 0 aromatic heterocycles. The number of thiocarbonyl (C=S) groups is 1. The standard InChI is InChI=1S/C13H20N2O3S2/c1-4-18-10(3)8-15-20(16,17)12-7-11(13(14)19)6-5-9(12)2/h5-7,10,15H,4,8H2,1-3H3,(H2,14,19). The Morgan fingerprint density at radius 3 is 2.70 bits per heavy atom. The molecule has 0 aliphatic carbocycles. The van der Waals surface area contributed by atoms with E-state index in [1.165, 1.54) is 6.07 Å². The Morgan fingerprint density at radius 1 is 1.50 bits per heavy atom. The monoisotopic (exact) mass is 316 g/mol. The van der Waals surface area contributed by atoms with Crippen molar-refractivity contribution >= 4 is 27.2 Å². The van der Waals surface area contributed by atoms with Crippen molar-refractivity contribution in [2.24, 2.45) is 5.73 Å². The highest BCUT2D eigenvalue weighted by Gasteiger charge is 2.18. The van der Waals surface area contributed by atoms with Gasteiger partial charge in [0.25, 0.3) is 0 Å². The van der Waals surface area contributed by atoms with E-state index in [-0.39, 0.29) is 22.5 Å². The summed E-state index contributed by atoms with van der Waals surface area (Å²) in [7, 11) is -3.61. The number of nitrogens with one attached hydrogen (secondary N) is 1. The Morgan fingerprint density at radius 2 is 2.15 bits per heavy atom. The van der Waals surface area contributed by atoms with Crippen LogP contribution in [0.15, 0.2) is 23.1 Å². The molecule has 1 unspecified atom stereocenters. The highest BCUT2D eigenvalue weighted by molar-refractivity contribution is 7.89. The zero-order valence-electron chi connectivity index (χ0n) is 11.8. The minimum atomic E-state index is -3.61. The molecule has 7 heteroatoms. The number of hydrogen-bond acceptors (Lipinski definition) is 4. The summed E-state index contributed by atoms with van der Waals surface area (Å²) in [6, 6.07) is 4.89. The zero-order chi connectivity index (χ0) is 15.3. The molecular formula is C13H20N2O3S2. The van der Waals surface area contributed by atoms with Gasteiger partial charge in [0.15, 0.2) is 0 Å². The van der Waals surface area contributed by atoms with Gasteiger partial charge in [-0.05, 0) is 32.4 Å². The topological polar surface area (TPSA) is 81.4 Å². The first-order valence-corrected chi connectivity index (χ1v) is 8.18. The zero-order valence-corrected chi connectivity index (χ0v) is 13.5. The van der Waals surface area contributed by atoms with Gasteiger partial charge in [0.05, 0.1) is 11.0 Å². The minimum absolute atomic E-state index is 0.170. The van der Waals surface area contributed by atoms with Gasteiger partial charge in [-0.25, -0.2) is 13.1 Å². The first-order chi connectivity index (χ1) is 9.27. The van der Waals surface area contributed by atoms with Crippen molar-refractivity contribution in [1.29, 1.82) is 0 Å². The van der Waals surface area contributed by atoms with E-state index in [0.29, 0.717) is 17.7 Å². The van der Waals surface area contributed by atoms with Gasteiger partial charge in [0, 0.05) is 18.7 Å². The van der Waals surface area contributed by atoms with Crippen LogP contribution >= 0.6 is 12.2 Å². The molecule has 0 saturated heterocycles. The van der Waals surface area contributed by atoms with Crippen LogP contribution in [0.5, 0.6) is 0 Å². The Labute approximate surface area is 125 Å². The molecule has 0 spiro atoms. The Bertz CT molecular complexity index is 585. The van der Waals surface area contributed by atoms with Crippen LogP contribution < -0.4 is 10.5 Å². The van der Waals surface area contributed by atoms with Crippen LogP contribution in [0.2, 0.25) is 0 Å². The predicted molar refractivity (Wildman–Crippen MR) is 83.3 cm³/mol. The van der Waals surface area contributed by atoms with Gasteiger partial charge in [0.2, 0.25) is 10.0 Å². The van der Waals surface area contributed by atoms with E-state index in [2.05, 4.69) is 4.72 Å². The second-order valence-corrected chi connectivity index (χ2v) is 6.64. The number of sulfonamides is 1. The summed E-state index contributed by atoms with van der Waals surface area (Å²) >= 11 is 4.87. The van der Waals surface area contributed by atoms with E-state index < -0.39 is 10.0 Å². The van der Waals surface area contributed by atoms with Crippen molar-refractivity contribution < 1.29 is 13.2 Å². The molecule has 20 heavy (non-hydrogen) atoms. The second-order valence-electron chi connectivity index (χ2n) is 4.46. The Kier molecular flexibility index (Phi) is 6.07. The lowest BCUT2D eigenvalue weighted by atomic mass is 10.1. The van der Waals surface area contributed by atoms with Crippen molar-refractivity contribution in [3.63, 3.8) is 0 Å². The van der Waals surface area contributed by atoms with Gasteiger partial charge in [-0.1, -0.05) is 24.4 Å². The van der Waals surface area contributed by atoms with Gasteiger partial charge < -0.3 is 10.5 Å². The van der Waals surface area contributed by atoms with Gasteiger partial charge in [-0.15, -0.1) is 0 Å². The molecule has 112 valence electrons. The summed E-state index contributed by atoms with van der Waals surface area (Å²) in [5.41, 5.74) is 6.71. The van der Waals surface area contributed by atoms with Crippen LogP contribution in [-0.4, -0.2) is 32.7 Å². The third kappa shape index (κ3) is 4.52. The van der Waals surface area contributed by atoms with Crippen LogP contribution in [0, 0.1) is 6.92 Å². The minimum Gasteiger partial charge on any atom is -0.389 e. The molecule has 1 aromatic rings. The number of hydrogen-bond donors (Lipinski definition) is 2. The second kappa shape index (κ2) is 7.12. The Balaban J connectivity index is 2.97. The number of nitrogens with two attached hydrogens (primary N) is 1. The summed E-state index contributed by atoms with van der Waals surface area (Å²) in [5, 5.41) is 0. The molecule has 1 atom stereocenters. The van der Waals surface area contributed by atoms with Crippen molar-refractivity contribution in [2.45, 2.75) is 31.8 Å².